The van der Waals surface area contributed by atoms with Crippen molar-refractivity contribution in [2.45, 2.75) is 26.9 Å². The summed E-state index contributed by atoms with van der Waals surface area (Å²) in [6.07, 6.45) is 1.69. The molecule has 3 rings (SSSR count). The van der Waals surface area contributed by atoms with E-state index in [1.54, 1.807) is 6.26 Å². The van der Waals surface area contributed by atoms with Crippen molar-refractivity contribution >= 4 is 17.0 Å². The summed E-state index contributed by atoms with van der Waals surface area (Å²) in [6, 6.07) is 12.1. The van der Waals surface area contributed by atoms with Crippen molar-refractivity contribution in [1.82, 2.24) is 14.5 Å². The van der Waals surface area contributed by atoms with E-state index in [9.17, 15) is 0 Å². The molecule has 0 unspecified atom stereocenters. The monoisotopic (exact) mass is 347 g/mol. The number of furan rings is 1. The van der Waals surface area contributed by atoms with Crippen LogP contribution >= 0.6 is 0 Å². The molecule has 0 aliphatic carbocycles. The smallest absolute Gasteiger partial charge is 0.204 e. The Morgan fingerprint density at radius 1 is 1.12 bits per heavy atom. The number of anilines is 1. The van der Waals surface area contributed by atoms with Gasteiger partial charge >= 0.3 is 0 Å². The Bertz CT molecular complexity index is 735. The lowest BCUT2D eigenvalue weighted by Gasteiger charge is -2.19. The van der Waals surface area contributed by atoms with Crippen LogP contribution in [0.25, 0.3) is 11.0 Å². The Labute approximate surface area is 149 Å². The van der Waals surface area contributed by atoms with Gasteiger partial charge in [0.1, 0.15) is 5.76 Å². The summed E-state index contributed by atoms with van der Waals surface area (Å²) in [4.78, 5) is 7.16. The van der Waals surface area contributed by atoms with Crippen molar-refractivity contribution in [1.29, 1.82) is 0 Å². The highest BCUT2D eigenvalue weighted by atomic mass is 35.5. The molecule has 1 aromatic carbocycles. The van der Waals surface area contributed by atoms with E-state index in [0.29, 0.717) is 6.54 Å². The van der Waals surface area contributed by atoms with E-state index in [4.69, 9.17) is 9.40 Å². The first-order valence-electron chi connectivity index (χ1n) is 8.25. The highest BCUT2D eigenvalue weighted by Gasteiger charge is 2.11. The third-order valence-corrected chi connectivity index (χ3v) is 4.19. The fourth-order valence-electron chi connectivity index (χ4n) is 2.80. The predicted molar refractivity (Wildman–Crippen MR) is 93.6 cm³/mol. The maximum Gasteiger partial charge on any atom is 0.204 e. The minimum Gasteiger partial charge on any atom is -1.00 e. The topological polar surface area (TPSA) is 46.2 Å². The average molecular weight is 348 g/mol. The lowest BCUT2D eigenvalue weighted by Crippen LogP contribution is -3.00. The number of benzene rings is 1. The molecule has 0 saturated heterocycles. The fourth-order valence-corrected chi connectivity index (χ4v) is 2.80. The van der Waals surface area contributed by atoms with Crippen molar-refractivity contribution in [2.75, 3.05) is 25.0 Å². The van der Waals surface area contributed by atoms with E-state index in [2.05, 4.69) is 46.8 Å². The summed E-state index contributed by atoms with van der Waals surface area (Å²) in [6.45, 7) is 9.11. The van der Waals surface area contributed by atoms with Gasteiger partial charge in [0.25, 0.3) is 0 Å². The fraction of sp³-hybridized carbons (Fsp3) is 0.389. The number of rotatable bonds is 8. The quantitative estimate of drug-likeness (QED) is 0.648. The molecule has 0 amide bonds. The Kier molecular flexibility index (Phi) is 6.70. The molecular formula is C18H24ClN4O-. The standard InChI is InChI=1S/C18H24N4O.ClH/c1-3-21(4-2)11-12-22-17-10-6-5-9-16(17)20-18(22)19-14-15-8-7-13-23-15;/h5-10,13H,3-4,11-12,14H2,1-2H3,(H,19,20);1H/p-1. The van der Waals surface area contributed by atoms with Crippen LogP contribution in [0.4, 0.5) is 5.95 Å². The Balaban J connectivity index is 0.00000208. The summed E-state index contributed by atoms with van der Waals surface area (Å²) in [5.74, 6) is 1.81. The van der Waals surface area contributed by atoms with Gasteiger partial charge in [-0.1, -0.05) is 26.0 Å². The van der Waals surface area contributed by atoms with Gasteiger partial charge in [0, 0.05) is 13.1 Å². The van der Waals surface area contributed by atoms with Crippen LogP contribution in [0.15, 0.2) is 47.1 Å². The van der Waals surface area contributed by atoms with Crippen LogP contribution < -0.4 is 17.7 Å². The molecule has 5 nitrogen and oxygen atoms in total. The van der Waals surface area contributed by atoms with E-state index in [0.717, 1.165) is 43.4 Å². The van der Waals surface area contributed by atoms with Crippen LogP contribution in [0.1, 0.15) is 19.6 Å². The number of nitrogens with one attached hydrogen (secondary N) is 1. The number of hydrogen-bond donors (Lipinski definition) is 1. The van der Waals surface area contributed by atoms with Crippen LogP contribution in [-0.4, -0.2) is 34.1 Å². The summed E-state index contributed by atoms with van der Waals surface area (Å²) in [5, 5.41) is 3.40. The van der Waals surface area contributed by atoms with Crippen molar-refractivity contribution in [3.8, 4) is 0 Å². The Morgan fingerprint density at radius 2 is 1.92 bits per heavy atom. The van der Waals surface area contributed by atoms with Crippen LogP contribution in [0.2, 0.25) is 0 Å². The maximum atomic E-state index is 5.39. The van der Waals surface area contributed by atoms with Gasteiger partial charge in [0.2, 0.25) is 5.95 Å². The first kappa shape index (κ1) is 18.4. The van der Waals surface area contributed by atoms with Crippen molar-refractivity contribution < 1.29 is 16.8 Å². The largest absolute Gasteiger partial charge is 1.00 e. The second-order valence-electron chi connectivity index (χ2n) is 5.54. The van der Waals surface area contributed by atoms with Crippen LogP contribution in [0, 0.1) is 0 Å². The summed E-state index contributed by atoms with van der Waals surface area (Å²) in [5.41, 5.74) is 2.19. The third kappa shape index (κ3) is 4.10. The lowest BCUT2D eigenvalue weighted by atomic mass is 10.3. The molecular weight excluding hydrogens is 324 g/mol. The van der Waals surface area contributed by atoms with Gasteiger partial charge in [0.05, 0.1) is 23.8 Å². The third-order valence-electron chi connectivity index (χ3n) is 4.19. The summed E-state index contributed by atoms with van der Waals surface area (Å²) in [7, 11) is 0. The molecule has 0 aliphatic rings. The zero-order valence-electron chi connectivity index (χ0n) is 14.2. The van der Waals surface area contributed by atoms with Gasteiger partial charge in [0.15, 0.2) is 0 Å². The minimum absolute atomic E-state index is 0. The number of likely N-dealkylation sites (N-methyl/N-ethyl adjacent to an activating group) is 1. The van der Waals surface area contributed by atoms with Crippen LogP contribution in [0.3, 0.4) is 0 Å². The van der Waals surface area contributed by atoms with Gasteiger partial charge < -0.3 is 31.6 Å². The van der Waals surface area contributed by atoms with Crippen LogP contribution in [-0.2, 0) is 13.1 Å². The highest BCUT2D eigenvalue weighted by Crippen LogP contribution is 2.20. The zero-order chi connectivity index (χ0) is 16.1. The van der Waals surface area contributed by atoms with Gasteiger partial charge in [-0.15, -0.1) is 0 Å². The molecule has 0 fully saturated rings. The Hall–Kier alpha value is -1.98. The molecule has 2 aromatic heterocycles. The molecule has 0 bridgehead atoms. The second kappa shape index (κ2) is 8.76. The average Bonchev–Trinajstić information content (AvgIpc) is 3.21. The number of halogens is 1. The van der Waals surface area contributed by atoms with Crippen molar-refractivity contribution in [2.24, 2.45) is 0 Å². The molecule has 1 N–H and O–H groups in total. The van der Waals surface area contributed by atoms with E-state index in [1.165, 1.54) is 5.52 Å². The molecule has 3 aromatic rings. The first-order chi connectivity index (χ1) is 11.3. The summed E-state index contributed by atoms with van der Waals surface area (Å²) >= 11 is 0. The number of fused-ring (bicyclic) bond motifs is 1. The van der Waals surface area contributed by atoms with Crippen molar-refractivity contribution in [3.63, 3.8) is 0 Å². The molecule has 130 valence electrons. The molecule has 0 spiro atoms. The summed E-state index contributed by atoms with van der Waals surface area (Å²) < 4.78 is 7.65. The molecule has 24 heavy (non-hydrogen) atoms. The highest BCUT2D eigenvalue weighted by molar-refractivity contribution is 5.78. The van der Waals surface area contributed by atoms with Gasteiger partial charge in [-0.2, -0.15) is 0 Å². The normalized spacial score (nSPS) is 11.0. The van der Waals surface area contributed by atoms with E-state index in [-0.39, 0.29) is 12.4 Å². The number of imidazole rings is 1. The van der Waals surface area contributed by atoms with Crippen molar-refractivity contribution in [3.05, 3.63) is 48.4 Å². The second-order valence-corrected chi connectivity index (χ2v) is 5.54. The molecule has 0 saturated carbocycles. The van der Waals surface area contributed by atoms with Gasteiger partial charge in [-0.25, -0.2) is 4.98 Å². The first-order valence-corrected chi connectivity index (χ1v) is 8.25. The minimum atomic E-state index is 0. The molecule has 2 heterocycles. The van der Waals surface area contributed by atoms with Gasteiger partial charge in [-0.3, -0.25) is 0 Å². The number of nitrogens with zero attached hydrogens (tertiary/aromatic N) is 3. The number of hydrogen-bond acceptors (Lipinski definition) is 4. The number of para-hydroxylation sites is 2. The lowest BCUT2D eigenvalue weighted by molar-refractivity contribution is -0.00000539. The molecule has 0 atom stereocenters. The molecule has 6 heteroatoms. The predicted octanol–water partition coefficient (Wildman–Crippen LogP) is 0.587. The number of aromatic nitrogens is 2. The van der Waals surface area contributed by atoms with Crippen LogP contribution in [0.5, 0.6) is 0 Å². The maximum absolute atomic E-state index is 5.39. The SMILES string of the molecule is CCN(CC)CCn1c(NCc2ccco2)nc2ccccc21.[Cl-]. The van der Waals surface area contributed by atoms with E-state index in [1.807, 2.05) is 18.2 Å². The van der Waals surface area contributed by atoms with E-state index < -0.39 is 0 Å². The Morgan fingerprint density at radius 3 is 2.62 bits per heavy atom. The zero-order valence-corrected chi connectivity index (χ0v) is 15.0. The molecule has 0 radical (unpaired) electrons. The molecule has 0 aliphatic heterocycles. The van der Waals surface area contributed by atoms with Gasteiger partial charge in [-0.05, 0) is 37.4 Å². The van der Waals surface area contributed by atoms with E-state index >= 15 is 0 Å².